The zero-order valence-corrected chi connectivity index (χ0v) is 13.3. The number of amides is 1. The topological polar surface area (TPSA) is 61.4 Å². The molecule has 1 aromatic rings. The molecular formula is C14H20F3N5O. The lowest BCUT2D eigenvalue weighted by atomic mass is 10.3. The van der Waals surface area contributed by atoms with E-state index in [1.807, 2.05) is 0 Å². The molecule has 1 atom stereocenters. The second-order valence-electron chi connectivity index (χ2n) is 5.65. The summed E-state index contributed by atoms with van der Waals surface area (Å²) in [6.45, 7) is 2.82. The second kappa shape index (κ2) is 6.59. The minimum atomic E-state index is -4.54. The van der Waals surface area contributed by atoms with Gasteiger partial charge in [0.2, 0.25) is 11.9 Å². The molecule has 1 amide bonds. The maximum Gasteiger partial charge on any atom is 0.433 e. The summed E-state index contributed by atoms with van der Waals surface area (Å²) in [5, 5.41) is 2.91. The van der Waals surface area contributed by atoms with Gasteiger partial charge in [0.05, 0.1) is 0 Å². The Hall–Kier alpha value is -2.06. The minimum absolute atomic E-state index is 0.0354. The maximum absolute atomic E-state index is 12.9. The van der Waals surface area contributed by atoms with Crippen LogP contribution in [0.3, 0.4) is 0 Å². The van der Waals surface area contributed by atoms with Crippen molar-refractivity contribution >= 4 is 17.7 Å². The molecule has 1 saturated heterocycles. The van der Waals surface area contributed by atoms with Gasteiger partial charge in [0.15, 0.2) is 5.69 Å². The summed E-state index contributed by atoms with van der Waals surface area (Å²) < 4.78 is 38.8. The maximum atomic E-state index is 12.9. The van der Waals surface area contributed by atoms with E-state index in [-0.39, 0.29) is 23.7 Å². The van der Waals surface area contributed by atoms with Crippen molar-refractivity contribution in [1.29, 1.82) is 0 Å². The molecule has 2 heterocycles. The summed E-state index contributed by atoms with van der Waals surface area (Å²) in [6.07, 6.45) is -3.47. The van der Waals surface area contributed by atoms with Gasteiger partial charge in [-0.25, -0.2) is 4.98 Å². The van der Waals surface area contributed by atoms with Gasteiger partial charge in [-0.1, -0.05) is 6.92 Å². The third-order valence-corrected chi connectivity index (χ3v) is 3.64. The standard InChI is InChI=1S/C14H20F3N5O/c1-4-12(23)22-6-5-9(8-22)18-13-19-10(14(15,16)17)7-11(20-13)21(2)3/h7,9H,4-6,8H2,1-3H3,(H,18,19,20). The molecule has 0 bridgehead atoms. The van der Waals surface area contributed by atoms with Crippen LogP contribution >= 0.6 is 0 Å². The summed E-state index contributed by atoms with van der Waals surface area (Å²) >= 11 is 0. The number of anilines is 2. The van der Waals surface area contributed by atoms with Gasteiger partial charge >= 0.3 is 6.18 Å². The van der Waals surface area contributed by atoms with Crippen LogP contribution in [0.15, 0.2) is 6.07 Å². The fourth-order valence-electron chi connectivity index (χ4n) is 2.38. The van der Waals surface area contributed by atoms with Crippen molar-refractivity contribution in [2.24, 2.45) is 0 Å². The zero-order chi connectivity index (χ0) is 17.2. The SMILES string of the molecule is CCC(=O)N1CCC(Nc2nc(N(C)C)cc(C(F)(F)F)n2)C1. The first-order chi connectivity index (χ1) is 10.7. The molecule has 0 saturated carbocycles. The lowest BCUT2D eigenvalue weighted by molar-refractivity contribution is -0.141. The Labute approximate surface area is 132 Å². The molecule has 0 aromatic carbocycles. The molecule has 9 heteroatoms. The van der Waals surface area contributed by atoms with Gasteiger partial charge in [-0.05, 0) is 6.42 Å². The van der Waals surface area contributed by atoms with Crippen molar-refractivity contribution in [3.05, 3.63) is 11.8 Å². The molecule has 1 aliphatic rings. The first-order valence-electron chi connectivity index (χ1n) is 7.38. The van der Waals surface area contributed by atoms with Gasteiger partial charge in [-0.15, -0.1) is 0 Å². The summed E-state index contributed by atoms with van der Waals surface area (Å²) in [4.78, 5) is 22.5. The molecule has 1 fully saturated rings. The van der Waals surface area contributed by atoms with Gasteiger partial charge in [0.1, 0.15) is 5.82 Å². The molecule has 1 unspecified atom stereocenters. The van der Waals surface area contributed by atoms with E-state index in [9.17, 15) is 18.0 Å². The molecule has 1 N–H and O–H groups in total. The molecule has 0 radical (unpaired) electrons. The highest BCUT2D eigenvalue weighted by Crippen LogP contribution is 2.30. The van der Waals surface area contributed by atoms with E-state index in [4.69, 9.17) is 0 Å². The highest BCUT2D eigenvalue weighted by atomic mass is 19.4. The number of nitrogens with zero attached hydrogens (tertiary/aromatic N) is 4. The van der Waals surface area contributed by atoms with Crippen molar-refractivity contribution in [2.75, 3.05) is 37.4 Å². The van der Waals surface area contributed by atoms with Crippen LogP contribution in [-0.2, 0) is 11.0 Å². The molecule has 0 aliphatic carbocycles. The minimum Gasteiger partial charge on any atom is -0.363 e. The van der Waals surface area contributed by atoms with Gasteiger partial charge in [-0.3, -0.25) is 4.79 Å². The Morgan fingerprint density at radius 3 is 2.70 bits per heavy atom. The molecular weight excluding hydrogens is 311 g/mol. The van der Waals surface area contributed by atoms with Crippen LogP contribution in [0.2, 0.25) is 0 Å². The van der Waals surface area contributed by atoms with Crippen LogP contribution in [0.1, 0.15) is 25.5 Å². The number of hydrogen-bond donors (Lipinski definition) is 1. The van der Waals surface area contributed by atoms with Crippen LogP contribution < -0.4 is 10.2 Å². The largest absolute Gasteiger partial charge is 0.433 e. The summed E-state index contributed by atoms with van der Waals surface area (Å²) in [5.41, 5.74) is -0.988. The number of likely N-dealkylation sites (tertiary alicyclic amines) is 1. The van der Waals surface area contributed by atoms with Crippen LogP contribution in [0.4, 0.5) is 24.9 Å². The second-order valence-corrected chi connectivity index (χ2v) is 5.65. The van der Waals surface area contributed by atoms with E-state index in [1.165, 1.54) is 4.90 Å². The van der Waals surface area contributed by atoms with E-state index < -0.39 is 11.9 Å². The Bertz CT molecular complexity index is 576. The first-order valence-corrected chi connectivity index (χ1v) is 7.38. The highest BCUT2D eigenvalue weighted by molar-refractivity contribution is 5.76. The Kier molecular flexibility index (Phi) is 4.96. The van der Waals surface area contributed by atoms with E-state index >= 15 is 0 Å². The lowest BCUT2D eigenvalue weighted by Crippen LogP contribution is -2.31. The number of carbonyl (C=O) groups excluding carboxylic acids is 1. The molecule has 6 nitrogen and oxygen atoms in total. The van der Waals surface area contributed by atoms with Gasteiger partial charge in [0, 0.05) is 45.7 Å². The van der Waals surface area contributed by atoms with Crippen molar-refractivity contribution < 1.29 is 18.0 Å². The highest BCUT2D eigenvalue weighted by Gasteiger charge is 2.34. The Morgan fingerprint density at radius 1 is 1.43 bits per heavy atom. The van der Waals surface area contributed by atoms with Crippen molar-refractivity contribution in [3.63, 3.8) is 0 Å². The van der Waals surface area contributed by atoms with Crippen molar-refractivity contribution in [2.45, 2.75) is 32.0 Å². The van der Waals surface area contributed by atoms with Gasteiger partial charge in [0.25, 0.3) is 0 Å². The number of rotatable bonds is 4. The molecule has 1 aromatic heterocycles. The predicted molar refractivity (Wildman–Crippen MR) is 80.3 cm³/mol. The summed E-state index contributed by atoms with van der Waals surface area (Å²) in [6, 6.07) is 0.760. The van der Waals surface area contributed by atoms with E-state index in [0.29, 0.717) is 25.9 Å². The van der Waals surface area contributed by atoms with Crippen molar-refractivity contribution in [3.8, 4) is 0 Å². The number of halogens is 3. The van der Waals surface area contributed by atoms with Crippen LogP contribution in [0, 0.1) is 0 Å². The zero-order valence-electron chi connectivity index (χ0n) is 13.3. The van der Waals surface area contributed by atoms with Crippen LogP contribution in [0.5, 0.6) is 0 Å². The summed E-state index contributed by atoms with van der Waals surface area (Å²) in [7, 11) is 3.23. The number of carbonyl (C=O) groups is 1. The van der Waals surface area contributed by atoms with Gasteiger partial charge < -0.3 is 15.1 Å². The average Bonchev–Trinajstić information content (AvgIpc) is 2.93. The molecule has 0 spiro atoms. The smallest absolute Gasteiger partial charge is 0.363 e. The molecule has 128 valence electrons. The Morgan fingerprint density at radius 2 is 2.13 bits per heavy atom. The molecule has 1 aliphatic heterocycles. The normalized spacial score (nSPS) is 18.2. The third-order valence-electron chi connectivity index (χ3n) is 3.64. The van der Waals surface area contributed by atoms with Crippen LogP contribution in [0.25, 0.3) is 0 Å². The average molecular weight is 331 g/mol. The molecule has 23 heavy (non-hydrogen) atoms. The Balaban J connectivity index is 2.17. The third kappa shape index (κ3) is 4.23. The van der Waals surface area contributed by atoms with E-state index in [2.05, 4.69) is 15.3 Å². The fourth-order valence-corrected chi connectivity index (χ4v) is 2.38. The van der Waals surface area contributed by atoms with Gasteiger partial charge in [-0.2, -0.15) is 18.2 Å². The van der Waals surface area contributed by atoms with Crippen molar-refractivity contribution in [1.82, 2.24) is 14.9 Å². The molecule has 2 rings (SSSR count). The predicted octanol–water partition coefficient (Wildman–Crippen LogP) is 1.98. The van der Waals surface area contributed by atoms with E-state index in [1.54, 1.807) is 25.9 Å². The monoisotopic (exact) mass is 331 g/mol. The number of nitrogens with one attached hydrogen (secondary N) is 1. The quantitative estimate of drug-likeness (QED) is 0.914. The van der Waals surface area contributed by atoms with Crippen LogP contribution in [-0.4, -0.2) is 54.0 Å². The number of alkyl halides is 3. The number of hydrogen-bond acceptors (Lipinski definition) is 5. The van der Waals surface area contributed by atoms with E-state index in [0.717, 1.165) is 6.07 Å². The number of aromatic nitrogens is 2. The lowest BCUT2D eigenvalue weighted by Gasteiger charge is -2.19. The first kappa shape index (κ1) is 17.3. The summed E-state index contributed by atoms with van der Waals surface area (Å²) in [5.74, 6) is 0.141. The fraction of sp³-hybridized carbons (Fsp3) is 0.643.